The molecule has 2 heterocycles. The van der Waals surface area contributed by atoms with Crippen LogP contribution < -0.4 is 0 Å². The molecular formula is C68H58F18N4O10S2. The van der Waals surface area contributed by atoms with Crippen molar-refractivity contribution in [2.75, 3.05) is 13.2 Å². The molecule has 2 aromatic heterocycles. The van der Waals surface area contributed by atoms with E-state index in [0.717, 1.165) is 84.9 Å². The molecule has 548 valence electrons. The van der Waals surface area contributed by atoms with Crippen molar-refractivity contribution in [2.24, 2.45) is 0 Å². The van der Waals surface area contributed by atoms with Gasteiger partial charge in [-0.25, -0.2) is 43.2 Å². The second-order valence-corrected chi connectivity index (χ2v) is 28.1. The molecule has 2 aliphatic rings. The minimum Gasteiger partial charge on any atom is -0.466 e. The number of sulfone groups is 2. The number of esters is 2. The first kappa shape index (κ1) is 77.4. The van der Waals surface area contributed by atoms with E-state index >= 15 is 0 Å². The van der Waals surface area contributed by atoms with Gasteiger partial charge in [-0.3, -0.25) is 19.0 Å². The fourth-order valence-corrected chi connectivity index (χ4v) is 16.7. The molecule has 0 N–H and O–H groups in total. The summed E-state index contributed by atoms with van der Waals surface area (Å²) in [6.45, 7) is 0.219. The van der Waals surface area contributed by atoms with Gasteiger partial charge in [0, 0.05) is 34.1 Å². The van der Waals surface area contributed by atoms with Gasteiger partial charge in [-0.05, 0) is 147 Å². The largest absolute Gasteiger partial charge is 0.466 e. The summed E-state index contributed by atoms with van der Waals surface area (Å²) in [6.07, 6.45) is -23.3. The zero-order valence-electron chi connectivity index (χ0n) is 53.2. The number of fused-ring (bicyclic) bond motifs is 2. The lowest BCUT2D eigenvalue weighted by Gasteiger charge is -2.39. The topological polar surface area (TPSA) is 175 Å². The van der Waals surface area contributed by atoms with Crippen LogP contribution in [0.3, 0.4) is 0 Å². The van der Waals surface area contributed by atoms with E-state index in [1.165, 1.54) is 21.8 Å². The highest BCUT2D eigenvalue weighted by Crippen LogP contribution is 2.57. The molecule has 2 unspecified atom stereocenters. The SMILES string of the molecule is CCOC(=O)CCn1cc2c(n1)CCC(c1ccc(C(OCc3c(F)cccc3F)(C(F)(F)F)C(F)(F)F)cc1)(S(=O)(=O)c1ccc(F)cc1)C2.CCOC(=O)CCn1ncc2c1CCC(c1ccc(C(OCc3c(F)cccc3F)(C(F)(F)F)C(F)(F)F)cc1)(S(=O)(=O)c1ccc(F)cc1)C2. The van der Waals surface area contributed by atoms with E-state index in [9.17, 15) is 105 Å². The summed E-state index contributed by atoms with van der Waals surface area (Å²) in [5.41, 5.74) is -14.2. The maximum Gasteiger partial charge on any atom is 0.430 e. The number of ether oxygens (including phenoxy) is 4. The Morgan fingerprint density at radius 2 is 0.863 bits per heavy atom. The van der Waals surface area contributed by atoms with Crippen LogP contribution in [0.15, 0.2) is 156 Å². The lowest BCUT2D eigenvalue weighted by Crippen LogP contribution is -2.56. The summed E-state index contributed by atoms with van der Waals surface area (Å²) in [5, 5.41) is 8.67. The molecule has 8 aromatic rings. The summed E-state index contributed by atoms with van der Waals surface area (Å²) >= 11 is 0. The van der Waals surface area contributed by atoms with Crippen LogP contribution >= 0.6 is 0 Å². The summed E-state index contributed by atoms with van der Waals surface area (Å²) in [4.78, 5) is 23.1. The minimum atomic E-state index is -6.22. The molecule has 10 rings (SSSR count). The monoisotopic (exact) mass is 1500 g/mol. The van der Waals surface area contributed by atoms with Crippen molar-refractivity contribution in [1.29, 1.82) is 0 Å². The van der Waals surface area contributed by atoms with Crippen molar-refractivity contribution in [1.82, 2.24) is 19.6 Å². The molecule has 0 amide bonds. The van der Waals surface area contributed by atoms with Gasteiger partial charge in [0.15, 0.2) is 19.7 Å². The number of alkyl halides is 12. The third kappa shape index (κ3) is 14.8. The number of hydrogen-bond acceptors (Lipinski definition) is 12. The van der Waals surface area contributed by atoms with Gasteiger partial charge in [0.1, 0.15) is 44.4 Å². The second-order valence-electron chi connectivity index (χ2n) is 23.6. The van der Waals surface area contributed by atoms with Gasteiger partial charge >= 0.3 is 36.6 Å². The van der Waals surface area contributed by atoms with Crippen molar-refractivity contribution >= 4 is 31.6 Å². The molecule has 0 fully saturated rings. The van der Waals surface area contributed by atoms with Crippen LogP contribution in [-0.2, 0) is 121 Å². The molecule has 0 aliphatic heterocycles. The van der Waals surface area contributed by atoms with E-state index in [0.29, 0.717) is 71.0 Å². The zero-order valence-corrected chi connectivity index (χ0v) is 54.9. The Kier molecular flexibility index (Phi) is 22.4. The van der Waals surface area contributed by atoms with Gasteiger partial charge in [0.25, 0.3) is 11.2 Å². The number of benzene rings is 6. The Balaban J connectivity index is 0.000000237. The van der Waals surface area contributed by atoms with Gasteiger partial charge in [0.2, 0.25) is 0 Å². The molecule has 0 bridgehead atoms. The Morgan fingerprint density at radius 1 is 0.490 bits per heavy atom. The Bertz CT molecular complexity index is 4280. The molecule has 0 saturated heterocycles. The van der Waals surface area contributed by atoms with Crippen LogP contribution in [0.4, 0.5) is 79.0 Å². The van der Waals surface area contributed by atoms with Crippen LogP contribution in [0.1, 0.15) is 95.4 Å². The van der Waals surface area contributed by atoms with E-state index in [-0.39, 0.29) is 98.6 Å². The van der Waals surface area contributed by atoms with Gasteiger partial charge in [-0.1, -0.05) is 60.7 Å². The van der Waals surface area contributed by atoms with Crippen molar-refractivity contribution in [3.63, 3.8) is 0 Å². The smallest absolute Gasteiger partial charge is 0.430 e. The first-order valence-electron chi connectivity index (χ1n) is 30.8. The highest BCUT2D eigenvalue weighted by Gasteiger charge is 2.75. The maximum absolute atomic E-state index is 14.6. The summed E-state index contributed by atoms with van der Waals surface area (Å²) in [5.74, 6) is -8.25. The van der Waals surface area contributed by atoms with Crippen LogP contribution in [0, 0.1) is 34.9 Å². The number of rotatable bonds is 22. The van der Waals surface area contributed by atoms with Crippen molar-refractivity contribution < 1.29 is 124 Å². The number of aryl methyl sites for hydroxylation is 3. The molecule has 0 spiro atoms. The highest BCUT2D eigenvalue weighted by atomic mass is 32.2. The third-order valence-corrected chi connectivity index (χ3v) is 22.6. The molecule has 14 nitrogen and oxygen atoms in total. The maximum atomic E-state index is 14.6. The molecule has 102 heavy (non-hydrogen) atoms. The predicted molar refractivity (Wildman–Crippen MR) is 324 cm³/mol. The number of aromatic nitrogens is 4. The lowest BCUT2D eigenvalue weighted by atomic mass is 9.80. The number of carbonyl (C=O) groups excluding carboxylic acids is 2. The minimum absolute atomic E-state index is 0.00370. The van der Waals surface area contributed by atoms with Gasteiger partial charge < -0.3 is 18.9 Å². The first-order chi connectivity index (χ1) is 47.7. The summed E-state index contributed by atoms with van der Waals surface area (Å²) in [6, 6.07) is 16.7. The van der Waals surface area contributed by atoms with Crippen molar-refractivity contribution in [3.05, 3.63) is 237 Å². The molecular weight excluding hydrogens is 1440 g/mol. The fourth-order valence-electron chi connectivity index (χ4n) is 12.5. The van der Waals surface area contributed by atoms with Crippen LogP contribution in [0.2, 0.25) is 0 Å². The summed E-state index contributed by atoms with van der Waals surface area (Å²) < 4.78 is 334. The number of halogens is 18. The standard InChI is InChI=1S/2C34H29F9N2O5S/c1-2-49-30(46)15-17-45-19-21-18-31(16-14-29(21)44-45,51(47,48)25-12-10-24(35)11-13-25)22-6-8-23(9-7-22)32(33(38,39)40,34(41,42)43)50-20-26-27(36)4-3-5-28(26)37;1-2-49-30(46)15-17-45-29-14-16-31(18-21(29)19-44-45,51(47,48)25-12-10-24(35)11-13-25)22-6-8-23(9-7-22)32(33(38,39)40,34(41,42)43)50-20-26-27(36)4-3-5-28(26)37/h2*3-13,19H,2,14-18,20H2,1H3. The van der Waals surface area contributed by atoms with Gasteiger partial charge in [0.05, 0.1) is 74.0 Å². The number of nitrogens with zero attached hydrogens (tertiary/aromatic N) is 4. The van der Waals surface area contributed by atoms with E-state index in [1.807, 2.05) is 0 Å². The molecule has 0 radical (unpaired) electrons. The molecule has 6 aromatic carbocycles. The lowest BCUT2D eigenvalue weighted by molar-refractivity contribution is -0.393. The number of hydrogen-bond donors (Lipinski definition) is 0. The zero-order chi connectivity index (χ0) is 74.8. The fraction of sp³-hybridized carbons (Fsp3) is 0.353. The Labute approximate surface area is 570 Å². The highest BCUT2D eigenvalue weighted by molar-refractivity contribution is 7.92. The van der Waals surface area contributed by atoms with E-state index in [2.05, 4.69) is 19.7 Å². The van der Waals surface area contributed by atoms with Crippen molar-refractivity contribution in [2.45, 2.75) is 147 Å². The molecule has 2 aliphatic carbocycles. The van der Waals surface area contributed by atoms with Gasteiger partial charge in [-0.15, -0.1) is 0 Å². The van der Waals surface area contributed by atoms with Crippen LogP contribution in [0.5, 0.6) is 0 Å². The average Bonchev–Trinajstić information content (AvgIpc) is 1.16. The van der Waals surface area contributed by atoms with Crippen LogP contribution in [0.25, 0.3) is 0 Å². The molecule has 34 heteroatoms. The van der Waals surface area contributed by atoms with E-state index in [1.54, 1.807) is 13.8 Å². The second kappa shape index (κ2) is 29.5. The van der Waals surface area contributed by atoms with Gasteiger partial charge in [-0.2, -0.15) is 62.9 Å². The van der Waals surface area contributed by atoms with E-state index in [4.69, 9.17) is 9.47 Å². The predicted octanol–water partition coefficient (Wildman–Crippen LogP) is 15.3. The normalized spacial score (nSPS) is 16.9. The van der Waals surface area contributed by atoms with Crippen molar-refractivity contribution in [3.8, 4) is 0 Å². The first-order valence-corrected chi connectivity index (χ1v) is 33.7. The number of carbonyl (C=O) groups is 2. The quantitative estimate of drug-likeness (QED) is 0.0357. The molecule has 0 saturated carbocycles. The summed E-state index contributed by atoms with van der Waals surface area (Å²) in [7, 11) is -9.12. The third-order valence-electron chi connectivity index (χ3n) is 17.6. The average molecular weight is 1500 g/mol. The molecule has 2 atom stereocenters. The van der Waals surface area contributed by atoms with Crippen LogP contribution in [-0.4, -0.2) is 86.3 Å². The van der Waals surface area contributed by atoms with E-state index < -0.39 is 147 Å². The Morgan fingerprint density at radius 3 is 1.25 bits per heavy atom. The Hall–Kier alpha value is -8.76.